The van der Waals surface area contributed by atoms with E-state index in [9.17, 15) is 20.4 Å². The molecule has 0 aromatic carbocycles. The summed E-state index contributed by atoms with van der Waals surface area (Å²) < 4.78 is 8.01. The Balaban J connectivity index is 1.02. The van der Waals surface area contributed by atoms with Crippen LogP contribution in [-0.4, -0.2) is 91.0 Å². The predicted octanol–water partition coefficient (Wildman–Crippen LogP) is 0.551. The fourth-order valence-corrected chi connectivity index (χ4v) is 7.58. The van der Waals surface area contributed by atoms with Crippen molar-refractivity contribution in [2.24, 2.45) is 23.2 Å². The molecule has 0 radical (unpaired) electrons. The standard InChI is InChI=1S/C24H40N4O5/c29-13-20-22(31)23(32)21(30)12-27(20)3-1-2-4-28-11-19(25-26-28)14-33-15-24-8-16-5-17(9-24)7-18(6-16)10-24/h11,16-18,20-23,29-32H,1-10,12-15H2/t16?,17?,18?,20-,21+,22+,23-,24?/m1/s1. The molecule has 0 amide bonds. The number of unbranched alkanes of at least 4 members (excludes halogenated alkanes) is 1. The molecule has 4 aliphatic carbocycles. The van der Waals surface area contributed by atoms with E-state index in [4.69, 9.17) is 4.74 Å². The van der Waals surface area contributed by atoms with Crippen molar-refractivity contribution in [3.63, 3.8) is 0 Å². The predicted molar refractivity (Wildman–Crippen MR) is 120 cm³/mol. The molecule has 4 N–H and O–H groups in total. The number of rotatable bonds is 10. The minimum Gasteiger partial charge on any atom is -0.395 e. The zero-order valence-corrected chi connectivity index (χ0v) is 19.5. The minimum absolute atomic E-state index is 0.248. The molecule has 4 bridgehead atoms. The molecule has 9 nitrogen and oxygen atoms in total. The molecule has 9 heteroatoms. The lowest BCUT2D eigenvalue weighted by molar-refractivity contribution is -0.145. The second kappa shape index (κ2) is 9.87. The summed E-state index contributed by atoms with van der Waals surface area (Å²) in [5, 5.41) is 47.9. The van der Waals surface area contributed by atoms with E-state index in [0.29, 0.717) is 18.6 Å². The number of aromatic nitrogens is 3. The van der Waals surface area contributed by atoms with Crippen molar-refractivity contribution < 1.29 is 25.2 Å². The summed E-state index contributed by atoms with van der Waals surface area (Å²) in [4.78, 5) is 1.85. The molecule has 1 aromatic heterocycles. The summed E-state index contributed by atoms with van der Waals surface area (Å²) in [5.74, 6) is 2.82. The topological polar surface area (TPSA) is 124 Å². The van der Waals surface area contributed by atoms with Crippen molar-refractivity contribution in [3.8, 4) is 0 Å². The molecule has 0 unspecified atom stereocenters. The van der Waals surface area contributed by atoms with Crippen molar-refractivity contribution >= 4 is 0 Å². The van der Waals surface area contributed by atoms with Gasteiger partial charge in [0.15, 0.2) is 0 Å². The van der Waals surface area contributed by atoms with Gasteiger partial charge in [-0.05, 0) is 81.1 Å². The highest BCUT2D eigenvalue weighted by atomic mass is 16.5. The van der Waals surface area contributed by atoms with Crippen LogP contribution in [0.2, 0.25) is 0 Å². The Morgan fingerprint density at radius 2 is 1.64 bits per heavy atom. The normalized spacial score (nSPS) is 40.5. The number of aliphatic hydroxyl groups excluding tert-OH is 4. The van der Waals surface area contributed by atoms with E-state index in [1.807, 2.05) is 15.8 Å². The Hall–Kier alpha value is -1.10. The Kier molecular flexibility index (Phi) is 7.07. The molecular weight excluding hydrogens is 424 g/mol. The number of aryl methyl sites for hydroxylation is 1. The van der Waals surface area contributed by atoms with E-state index < -0.39 is 24.4 Å². The number of likely N-dealkylation sites (tertiary alicyclic amines) is 1. The fraction of sp³-hybridized carbons (Fsp3) is 0.917. The number of aliphatic hydroxyl groups is 4. The summed E-state index contributed by atoms with van der Waals surface area (Å²) in [6.45, 7) is 2.73. The molecule has 1 saturated heterocycles. The number of piperidine rings is 1. The summed E-state index contributed by atoms with van der Waals surface area (Å²) in [6, 6.07) is -0.549. The summed E-state index contributed by atoms with van der Waals surface area (Å²) in [5.41, 5.74) is 1.29. The SMILES string of the molecule is OC[C@@H]1[C@H](O)[C@H](O)[C@@H](O)CN1CCCCn1cc(COCC23CC4CC(CC(C4)C2)C3)nn1. The van der Waals surface area contributed by atoms with E-state index in [1.165, 1.54) is 38.5 Å². The van der Waals surface area contributed by atoms with E-state index in [2.05, 4.69) is 10.3 Å². The first-order valence-corrected chi connectivity index (χ1v) is 12.8. The first-order chi connectivity index (χ1) is 15.9. The summed E-state index contributed by atoms with van der Waals surface area (Å²) in [6.07, 6.45) is 8.71. The van der Waals surface area contributed by atoms with E-state index in [0.717, 1.165) is 49.4 Å². The highest BCUT2D eigenvalue weighted by Gasteiger charge is 2.50. The quantitative estimate of drug-likeness (QED) is 0.370. The third-order valence-electron chi connectivity index (χ3n) is 8.71. The molecule has 1 aliphatic heterocycles. The maximum Gasteiger partial charge on any atom is 0.109 e. The summed E-state index contributed by atoms with van der Waals surface area (Å²) in [7, 11) is 0. The Morgan fingerprint density at radius 1 is 0.970 bits per heavy atom. The smallest absolute Gasteiger partial charge is 0.109 e. The molecule has 2 heterocycles. The van der Waals surface area contributed by atoms with Crippen LogP contribution in [0.25, 0.3) is 0 Å². The largest absolute Gasteiger partial charge is 0.395 e. The second-order valence-corrected chi connectivity index (χ2v) is 11.4. The second-order valence-electron chi connectivity index (χ2n) is 11.4. The van der Waals surface area contributed by atoms with Gasteiger partial charge in [-0.1, -0.05) is 5.21 Å². The van der Waals surface area contributed by atoms with Gasteiger partial charge in [0.25, 0.3) is 0 Å². The number of nitrogens with zero attached hydrogens (tertiary/aromatic N) is 4. The average Bonchev–Trinajstić information content (AvgIpc) is 3.22. The zero-order valence-electron chi connectivity index (χ0n) is 19.5. The molecule has 5 fully saturated rings. The number of β-amino-alcohol motifs (C(OH)–C–C–N with tert-alkyl or cyclic N) is 1. The van der Waals surface area contributed by atoms with Crippen LogP contribution in [0.15, 0.2) is 6.20 Å². The van der Waals surface area contributed by atoms with Crippen molar-refractivity contribution in [1.29, 1.82) is 0 Å². The third kappa shape index (κ3) is 5.13. The molecular formula is C24H40N4O5. The molecule has 4 saturated carbocycles. The van der Waals surface area contributed by atoms with Crippen LogP contribution in [-0.2, 0) is 17.9 Å². The van der Waals surface area contributed by atoms with Crippen LogP contribution < -0.4 is 0 Å². The van der Waals surface area contributed by atoms with Crippen LogP contribution in [0, 0.1) is 23.2 Å². The van der Waals surface area contributed by atoms with Gasteiger partial charge in [0.05, 0.1) is 38.2 Å². The van der Waals surface area contributed by atoms with Gasteiger partial charge in [-0.15, -0.1) is 5.10 Å². The number of ether oxygens (including phenoxy) is 1. The fourth-order valence-electron chi connectivity index (χ4n) is 7.58. The van der Waals surface area contributed by atoms with Crippen molar-refractivity contribution in [1.82, 2.24) is 19.9 Å². The minimum atomic E-state index is -1.21. The Morgan fingerprint density at radius 3 is 2.30 bits per heavy atom. The zero-order chi connectivity index (χ0) is 23.0. The molecule has 1 aromatic rings. The molecule has 5 aliphatic rings. The van der Waals surface area contributed by atoms with Crippen LogP contribution in [0.1, 0.15) is 57.1 Å². The van der Waals surface area contributed by atoms with Gasteiger partial charge >= 0.3 is 0 Å². The van der Waals surface area contributed by atoms with Gasteiger partial charge in [-0.25, -0.2) is 0 Å². The molecule has 4 atom stereocenters. The van der Waals surface area contributed by atoms with Gasteiger partial charge in [-0.2, -0.15) is 0 Å². The lowest BCUT2D eigenvalue weighted by atomic mass is 9.50. The monoisotopic (exact) mass is 464 g/mol. The van der Waals surface area contributed by atoms with Crippen LogP contribution in [0.3, 0.4) is 0 Å². The van der Waals surface area contributed by atoms with Gasteiger partial charge < -0.3 is 25.2 Å². The van der Waals surface area contributed by atoms with Gasteiger partial charge in [0, 0.05) is 13.1 Å². The number of hydrogen-bond acceptors (Lipinski definition) is 8. The van der Waals surface area contributed by atoms with Crippen molar-refractivity contribution in [3.05, 3.63) is 11.9 Å². The van der Waals surface area contributed by atoms with Crippen LogP contribution >= 0.6 is 0 Å². The number of hydrogen-bond donors (Lipinski definition) is 4. The maximum atomic E-state index is 10.1. The highest BCUT2D eigenvalue weighted by Crippen LogP contribution is 2.60. The van der Waals surface area contributed by atoms with E-state index >= 15 is 0 Å². The van der Waals surface area contributed by atoms with Gasteiger partial charge in [0.1, 0.15) is 17.9 Å². The van der Waals surface area contributed by atoms with Crippen molar-refractivity contribution in [2.45, 2.75) is 88.9 Å². The lowest BCUT2D eigenvalue weighted by Gasteiger charge is -2.56. The van der Waals surface area contributed by atoms with Crippen LogP contribution in [0.5, 0.6) is 0 Å². The first kappa shape index (κ1) is 23.6. The van der Waals surface area contributed by atoms with E-state index in [-0.39, 0.29) is 13.2 Å². The first-order valence-electron chi connectivity index (χ1n) is 12.8. The average molecular weight is 465 g/mol. The summed E-state index contributed by atoms with van der Waals surface area (Å²) >= 11 is 0. The van der Waals surface area contributed by atoms with E-state index in [1.54, 1.807) is 0 Å². The Labute approximate surface area is 195 Å². The maximum absolute atomic E-state index is 10.1. The lowest BCUT2D eigenvalue weighted by Crippen LogP contribution is -2.62. The molecule has 0 spiro atoms. The molecule has 186 valence electrons. The van der Waals surface area contributed by atoms with Crippen LogP contribution in [0.4, 0.5) is 0 Å². The van der Waals surface area contributed by atoms with Gasteiger partial charge in [-0.3, -0.25) is 9.58 Å². The van der Waals surface area contributed by atoms with Gasteiger partial charge in [0.2, 0.25) is 0 Å². The molecule has 33 heavy (non-hydrogen) atoms. The van der Waals surface area contributed by atoms with Crippen molar-refractivity contribution in [2.75, 3.05) is 26.3 Å². The highest BCUT2D eigenvalue weighted by molar-refractivity contribution is 5.01. The Bertz CT molecular complexity index is 753. The third-order valence-corrected chi connectivity index (χ3v) is 8.71. The molecule has 6 rings (SSSR count).